The lowest BCUT2D eigenvalue weighted by atomic mass is 9.97. The second kappa shape index (κ2) is 7.22. The van der Waals surface area contributed by atoms with E-state index in [1.165, 1.54) is 7.11 Å². The molecule has 6 nitrogen and oxygen atoms in total. The first kappa shape index (κ1) is 18.8. The fraction of sp³-hybridized carbons (Fsp3) is 0.217. The summed E-state index contributed by atoms with van der Waals surface area (Å²) in [6.07, 6.45) is 0.240. The first-order valence-corrected chi connectivity index (χ1v) is 9.98. The van der Waals surface area contributed by atoms with Crippen molar-refractivity contribution in [3.8, 4) is 5.75 Å². The van der Waals surface area contributed by atoms with Gasteiger partial charge in [-0.2, -0.15) is 5.10 Å². The van der Waals surface area contributed by atoms with Gasteiger partial charge < -0.3 is 13.9 Å². The minimum absolute atomic E-state index is 0.0295. The number of furan rings is 1. The predicted octanol–water partition coefficient (Wildman–Crippen LogP) is 5.27. The van der Waals surface area contributed by atoms with Crippen molar-refractivity contribution in [2.24, 2.45) is 5.10 Å². The number of benzene rings is 2. The fourth-order valence-corrected chi connectivity index (χ4v) is 4.10. The summed E-state index contributed by atoms with van der Waals surface area (Å²) in [6.45, 7) is 1.91. The summed E-state index contributed by atoms with van der Waals surface area (Å²) in [5.74, 6) is 1.99. The Kier molecular flexibility index (Phi) is 4.51. The number of carbonyl (C=O) groups excluding carboxylic acids is 1. The van der Waals surface area contributed by atoms with Gasteiger partial charge in [0, 0.05) is 22.6 Å². The van der Waals surface area contributed by atoms with Crippen LogP contribution in [0.2, 0.25) is 5.02 Å². The zero-order chi connectivity index (χ0) is 20.8. The molecule has 7 heteroatoms. The standard InChI is InChI=1S/C23H19ClN2O4/c1-13-3-9-21(29-13)18-12-19-17-11-16(24)8-10-20(17)30-22(26(19)25-18)14-4-6-15(7-5-14)23(27)28-2/h3-11,19,22H,12H2,1-2H3. The maximum atomic E-state index is 11.8. The van der Waals surface area contributed by atoms with Gasteiger partial charge in [0.25, 0.3) is 0 Å². The average Bonchev–Trinajstić information content (AvgIpc) is 3.39. The number of hydrazone groups is 1. The first-order valence-electron chi connectivity index (χ1n) is 9.60. The smallest absolute Gasteiger partial charge is 0.337 e. The quantitative estimate of drug-likeness (QED) is 0.538. The van der Waals surface area contributed by atoms with Crippen LogP contribution in [0.25, 0.3) is 0 Å². The van der Waals surface area contributed by atoms with Crippen LogP contribution in [0.5, 0.6) is 5.75 Å². The minimum atomic E-state index is -0.441. The number of nitrogens with zero attached hydrogens (tertiary/aromatic N) is 2. The van der Waals surface area contributed by atoms with Gasteiger partial charge in [0.2, 0.25) is 6.23 Å². The number of methoxy groups -OCH3 is 1. The van der Waals surface area contributed by atoms with Crippen molar-refractivity contribution in [3.05, 3.63) is 87.8 Å². The molecule has 2 atom stereocenters. The van der Waals surface area contributed by atoms with Crippen molar-refractivity contribution < 1.29 is 18.7 Å². The molecule has 1 aromatic heterocycles. The van der Waals surface area contributed by atoms with Gasteiger partial charge in [0.15, 0.2) is 0 Å². The average molecular weight is 423 g/mol. The highest BCUT2D eigenvalue weighted by Crippen LogP contribution is 2.48. The van der Waals surface area contributed by atoms with E-state index < -0.39 is 6.23 Å². The highest BCUT2D eigenvalue weighted by atomic mass is 35.5. The van der Waals surface area contributed by atoms with Crippen molar-refractivity contribution in [2.45, 2.75) is 25.6 Å². The van der Waals surface area contributed by atoms with Crippen molar-refractivity contribution in [1.82, 2.24) is 5.01 Å². The summed E-state index contributed by atoms with van der Waals surface area (Å²) in [6, 6.07) is 16.7. The Morgan fingerprint density at radius 2 is 1.97 bits per heavy atom. The molecule has 3 heterocycles. The van der Waals surface area contributed by atoms with E-state index in [0.717, 1.165) is 34.1 Å². The van der Waals surface area contributed by atoms with E-state index in [1.54, 1.807) is 12.1 Å². The van der Waals surface area contributed by atoms with Crippen LogP contribution in [-0.2, 0) is 4.74 Å². The van der Waals surface area contributed by atoms with E-state index in [2.05, 4.69) is 0 Å². The molecule has 152 valence electrons. The Hall–Kier alpha value is -3.25. The number of carbonyl (C=O) groups is 1. The molecule has 0 bridgehead atoms. The Morgan fingerprint density at radius 3 is 2.67 bits per heavy atom. The van der Waals surface area contributed by atoms with E-state index in [4.69, 9.17) is 30.6 Å². The van der Waals surface area contributed by atoms with Crippen molar-refractivity contribution in [1.29, 1.82) is 0 Å². The van der Waals surface area contributed by atoms with Crippen LogP contribution in [0.1, 0.15) is 51.7 Å². The molecule has 0 saturated carbocycles. The van der Waals surface area contributed by atoms with E-state index in [-0.39, 0.29) is 12.0 Å². The number of hydrogen-bond acceptors (Lipinski definition) is 6. The normalized spacial score (nSPS) is 19.6. The highest BCUT2D eigenvalue weighted by Gasteiger charge is 2.41. The van der Waals surface area contributed by atoms with Gasteiger partial charge in [-0.15, -0.1) is 0 Å². The molecule has 2 aromatic carbocycles. The zero-order valence-corrected chi connectivity index (χ0v) is 17.2. The summed E-state index contributed by atoms with van der Waals surface area (Å²) in [7, 11) is 1.37. The lowest BCUT2D eigenvalue weighted by Crippen LogP contribution is -2.33. The third-order valence-electron chi connectivity index (χ3n) is 5.39. The van der Waals surface area contributed by atoms with Crippen LogP contribution < -0.4 is 4.74 Å². The number of esters is 1. The molecule has 0 fully saturated rings. The number of hydrogen-bond donors (Lipinski definition) is 0. The maximum Gasteiger partial charge on any atom is 0.337 e. The summed E-state index contributed by atoms with van der Waals surface area (Å²) in [5.41, 5.74) is 3.22. The van der Waals surface area contributed by atoms with Gasteiger partial charge in [0.05, 0.1) is 18.7 Å². The predicted molar refractivity (Wildman–Crippen MR) is 112 cm³/mol. The molecule has 0 amide bonds. The van der Waals surface area contributed by atoms with E-state index in [9.17, 15) is 4.79 Å². The lowest BCUT2D eigenvalue weighted by molar-refractivity contribution is -0.0190. The zero-order valence-electron chi connectivity index (χ0n) is 16.5. The second-order valence-electron chi connectivity index (χ2n) is 7.32. The Balaban J connectivity index is 1.56. The van der Waals surface area contributed by atoms with Crippen molar-refractivity contribution in [2.75, 3.05) is 7.11 Å². The Morgan fingerprint density at radius 1 is 1.17 bits per heavy atom. The van der Waals surface area contributed by atoms with Gasteiger partial charge in [-0.05, 0) is 49.4 Å². The van der Waals surface area contributed by atoms with E-state index in [0.29, 0.717) is 17.0 Å². The first-order chi connectivity index (χ1) is 14.5. The van der Waals surface area contributed by atoms with Crippen LogP contribution in [0.15, 0.2) is 64.1 Å². The third kappa shape index (κ3) is 3.13. The number of halogens is 1. The van der Waals surface area contributed by atoms with Gasteiger partial charge in [-0.25, -0.2) is 9.80 Å². The summed E-state index contributed by atoms with van der Waals surface area (Å²) in [5, 5.41) is 7.45. The topological polar surface area (TPSA) is 64.3 Å². The van der Waals surface area contributed by atoms with Crippen LogP contribution in [0.4, 0.5) is 0 Å². The largest absolute Gasteiger partial charge is 0.465 e. The number of aryl methyl sites for hydroxylation is 1. The van der Waals surface area contributed by atoms with Crippen molar-refractivity contribution in [3.63, 3.8) is 0 Å². The molecule has 5 rings (SSSR count). The molecule has 3 aromatic rings. The molecule has 0 N–H and O–H groups in total. The molecular formula is C23H19ClN2O4. The fourth-order valence-electron chi connectivity index (χ4n) is 3.92. The summed E-state index contributed by atoms with van der Waals surface area (Å²) in [4.78, 5) is 11.8. The van der Waals surface area contributed by atoms with Gasteiger partial charge in [-0.1, -0.05) is 23.7 Å². The molecule has 0 radical (unpaired) electrons. The SMILES string of the molecule is COC(=O)c1ccc(C2Oc3ccc(Cl)cc3C3CC(c4ccc(C)o4)=NN32)cc1. The van der Waals surface area contributed by atoms with Gasteiger partial charge >= 0.3 is 5.97 Å². The van der Waals surface area contributed by atoms with Crippen molar-refractivity contribution >= 4 is 23.3 Å². The van der Waals surface area contributed by atoms with Crippen LogP contribution in [-0.4, -0.2) is 23.8 Å². The molecule has 30 heavy (non-hydrogen) atoms. The summed E-state index contributed by atoms with van der Waals surface area (Å²) >= 11 is 6.26. The second-order valence-corrected chi connectivity index (χ2v) is 7.76. The van der Waals surface area contributed by atoms with Crippen LogP contribution in [0.3, 0.4) is 0 Å². The molecule has 2 aliphatic rings. The molecule has 2 unspecified atom stereocenters. The van der Waals surface area contributed by atoms with E-state index in [1.807, 2.05) is 54.4 Å². The Labute approximate surface area is 178 Å². The van der Waals surface area contributed by atoms with Gasteiger partial charge in [-0.3, -0.25) is 0 Å². The monoisotopic (exact) mass is 422 g/mol. The molecule has 2 aliphatic heterocycles. The molecule has 0 spiro atoms. The minimum Gasteiger partial charge on any atom is -0.465 e. The maximum absolute atomic E-state index is 11.8. The van der Waals surface area contributed by atoms with Crippen LogP contribution in [0, 0.1) is 6.92 Å². The number of fused-ring (bicyclic) bond motifs is 3. The number of ether oxygens (including phenoxy) is 2. The Bertz CT molecular complexity index is 1150. The third-order valence-corrected chi connectivity index (χ3v) is 5.63. The van der Waals surface area contributed by atoms with Gasteiger partial charge in [0.1, 0.15) is 23.0 Å². The highest BCUT2D eigenvalue weighted by molar-refractivity contribution is 6.30. The summed E-state index contributed by atoms with van der Waals surface area (Å²) < 4.78 is 16.9. The van der Waals surface area contributed by atoms with Crippen LogP contribution >= 0.6 is 11.6 Å². The molecule has 0 aliphatic carbocycles. The van der Waals surface area contributed by atoms with E-state index >= 15 is 0 Å². The molecule has 0 saturated heterocycles. The molecular weight excluding hydrogens is 404 g/mol. The number of rotatable bonds is 3. The lowest BCUT2D eigenvalue weighted by Gasteiger charge is -2.38.